The van der Waals surface area contributed by atoms with Crippen molar-refractivity contribution in [2.75, 3.05) is 11.9 Å². The number of para-hydroxylation sites is 1. The highest BCUT2D eigenvalue weighted by atomic mass is 127. The molecule has 2 heterocycles. The molecule has 0 unspecified atom stereocenters. The number of amides is 1. The number of hydrogen-bond acceptors (Lipinski definition) is 3. The summed E-state index contributed by atoms with van der Waals surface area (Å²) in [6.07, 6.45) is 6.69. The van der Waals surface area contributed by atoms with E-state index < -0.39 is 3.93 Å². The highest BCUT2D eigenvalue weighted by Gasteiger charge is 2.30. The van der Waals surface area contributed by atoms with Crippen LogP contribution in [0.4, 0.5) is 14.5 Å². The van der Waals surface area contributed by atoms with E-state index in [2.05, 4.69) is 16.5 Å². The van der Waals surface area contributed by atoms with E-state index in [0.29, 0.717) is 18.7 Å². The largest absolute Gasteiger partial charge is 0.381 e. The summed E-state index contributed by atoms with van der Waals surface area (Å²) in [6.45, 7) is 0.331. The Kier molecular flexibility index (Phi) is 6.50. The van der Waals surface area contributed by atoms with Gasteiger partial charge >= 0.3 is 3.93 Å². The van der Waals surface area contributed by atoms with Gasteiger partial charge in [0, 0.05) is 53.0 Å². The van der Waals surface area contributed by atoms with E-state index >= 15 is 0 Å². The van der Waals surface area contributed by atoms with Crippen LogP contribution in [0, 0.1) is 0 Å². The number of anilines is 1. The van der Waals surface area contributed by atoms with Crippen LogP contribution in [0.3, 0.4) is 0 Å². The Morgan fingerprint density at radius 1 is 1.06 bits per heavy atom. The fourth-order valence-electron chi connectivity index (χ4n) is 3.77. The van der Waals surface area contributed by atoms with E-state index in [-0.39, 0.29) is 11.5 Å². The Hall–Kier alpha value is -2.55. The molecular weight excluding hydrogens is 511 g/mol. The van der Waals surface area contributed by atoms with Gasteiger partial charge in [0.1, 0.15) is 0 Å². The third kappa shape index (κ3) is 5.20. The van der Waals surface area contributed by atoms with Crippen LogP contribution >= 0.6 is 22.6 Å². The fraction of sp³-hybridized carbons (Fsp3) is 0.250. The molecule has 4 rings (SSSR count). The first kappa shape index (κ1) is 21.7. The van der Waals surface area contributed by atoms with Crippen LogP contribution in [-0.2, 0) is 8.72 Å². The topological polar surface area (TPSA) is 44.7 Å². The molecule has 0 aromatic heterocycles. The molecule has 2 aromatic rings. The number of halogens is 3. The quantitative estimate of drug-likeness (QED) is 0.367. The summed E-state index contributed by atoms with van der Waals surface area (Å²) in [5.41, 5.74) is 3.95. The SMILES string of the molecule is O=C1C=C(CNc2ccccc2C(F)(F)I)CCCC2=CCC(c3ccccc3)=NN12. The average molecular weight is 533 g/mol. The molecule has 0 saturated heterocycles. The van der Waals surface area contributed by atoms with Crippen LogP contribution in [0.25, 0.3) is 0 Å². The zero-order chi connectivity index (χ0) is 21.8. The van der Waals surface area contributed by atoms with Crippen LogP contribution in [0.1, 0.15) is 36.8 Å². The van der Waals surface area contributed by atoms with Crippen molar-refractivity contribution >= 4 is 39.9 Å². The van der Waals surface area contributed by atoms with Gasteiger partial charge in [0.15, 0.2) is 0 Å². The van der Waals surface area contributed by atoms with Crippen LogP contribution in [0.2, 0.25) is 0 Å². The first-order valence-corrected chi connectivity index (χ1v) is 11.3. The van der Waals surface area contributed by atoms with E-state index in [1.165, 1.54) is 11.1 Å². The summed E-state index contributed by atoms with van der Waals surface area (Å²) < 4.78 is 24.8. The maximum atomic E-state index is 13.9. The van der Waals surface area contributed by atoms with E-state index in [0.717, 1.165) is 64.4 Å². The Balaban J connectivity index is 1.53. The van der Waals surface area contributed by atoms with E-state index in [9.17, 15) is 13.6 Å². The van der Waals surface area contributed by atoms with Gasteiger partial charge in [0.25, 0.3) is 5.91 Å². The van der Waals surface area contributed by atoms with E-state index in [1.54, 1.807) is 24.3 Å². The van der Waals surface area contributed by atoms with Gasteiger partial charge in [-0.3, -0.25) is 4.79 Å². The first-order valence-electron chi connectivity index (χ1n) is 10.2. The zero-order valence-corrected chi connectivity index (χ0v) is 19.0. The number of alkyl halides is 3. The van der Waals surface area contributed by atoms with Gasteiger partial charge in [-0.15, -0.1) is 0 Å². The molecule has 0 bridgehead atoms. The highest BCUT2D eigenvalue weighted by Crippen LogP contribution is 2.39. The average Bonchev–Trinajstić information content (AvgIpc) is 2.76. The van der Waals surface area contributed by atoms with Gasteiger partial charge in [0.2, 0.25) is 0 Å². The van der Waals surface area contributed by atoms with Gasteiger partial charge in [-0.25, -0.2) is 5.01 Å². The molecule has 0 spiro atoms. The number of hydrogen-bond donors (Lipinski definition) is 1. The van der Waals surface area contributed by atoms with Crippen molar-refractivity contribution in [1.82, 2.24) is 5.01 Å². The number of rotatable bonds is 5. The Morgan fingerprint density at radius 3 is 2.58 bits per heavy atom. The van der Waals surface area contributed by atoms with Crippen molar-refractivity contribution < 1.29 is 13.6 Å². The number of nitrogens with zero attached hydrogens (tertiary/aromatic N) is 2. The lowest BCUT2D eigenvalue weighted by atomic mass is 10.0. The predicted octanol–water partition coefficient (Wildman–Crippen LogP) is 6.21. The molecule has 7 heteroatoms. The minimum absolute atomic E-state index is 0.0632. The second-order valence-corrected chi connectivity index (χ2v) is 8.87. The monoisotopic (exact) mass is 533 g/mol. The molecule has 4 nitrogen and oxygen atoms in total. The number of carbonyl (C=O) groups excluding carboxylic acids is 1. The summed E-state index contributed by atoms with van der Waals surface area (Å²) in [5, 5.41) is 9.20. The zero-order valence-electron chi connectivity index (χ0n) is 16.8. The van der Waals surface area contributed by atoms with E-state index in [1.807, 2.05) is 30.3 Å². The van der Waals surface area contributed by atoms with Crippen molar-refractivity contribution in [3.8, 4) is 0 Å². The highest BCUT2D eigenvalue weighted by molar-refractivity contribution is 14.1. The second kappa shape index (κ2) is 9.30. The smallest absolute Gasteiger partial charge is 0.323 e. The van der Waals surface area contributed by atoms with Crippen molar-refractivity contribution in [2.24, 2.45) is 5.10 Å². The standard InChI is InChI=1S/C24H22F2IN3O/c25-24(26,27)20-11-4-5-12-22(20)28-16-17-7-6-10-19-13-14-21(18-8-2-1-3-9-18)29-30(19)23(31)15-17/h1-5,8-9,11-13,15,28H,6-7,10,14,16H2. The van der Waals surface area contributed by atoms with Crippen LogP contribution in [0.15, 0.2) is 83.1 Å². The van der Waals surface area contributed by atoms with Gasteiger partial charge in [-0.2, -0.15) is 13.9 Å². The Morgan fingerprint density at radius 2 is 1.81 bits per heavy atom. The van der Waals surface area contributed by atoms with Crippen molar-refractivity contribution in [3.05, 3.63) is 89.1 Å². The number of nitrogens with one attached hydrogen (secondary N) is 1. The van der Waals surface area contributed by atoms with E-state index in [4.69, 9.17) is 0 Å². The van der Waals surface area contributed by atoms with Crippen LogP contribution < -0.4 is 5.32 Å². The minimum atomic E-state index is -2.97. The normalized spacial score (nSPS) is 17.1. The number of benzene rings is 2. The summed E-state index contributed by atoms with van der Waals surface area (Å²) in [5.74, 6) is -0.205. The maximum absolute atomic E-state index is 13.9. The molecule has 31 heavy (non-hydrogen) atoms. The number of fused-ring (bicyclic) bond motifs is 1. The number of carbonyl (C=O) groups is 1. The molecule has 2 aliphatic heterocycles. The molecule has 1 amide bonds. The third-order valence-electron chi connectivity index (χ3n) is 5.34. The molecule has 0 saturated carbocycles. The molecule has 1 N–H and O–H groups in total. The van der Waals surface area contributed by atoms with Crippen LogP contribution in [0.5, 0.6) is 0 Å². The number of allylic oxidation sites excluding steroid dienone is 2. The molecule has 0 atom stereocenters. The van der Waals surface area contributed by atoms with Crippen molar-refractivity contribution in [1.29, 1.82) is 0 Å². The lowest BCUT2D eigenvalue weighted by Gasteiger charge is -2.27. The summed E-state index contributed by atoms with van der Waals surface area (Å²) in [4.78, 5) is 13.0. The molecule has 0 fully saturated rings. The van der Waals surface area contributed by atoms with Gasteiger partial charge < -0.3 is 5.32 Å². The third-order valence-corrected chi connectivity index (χ3v) is 5.92. The maximum Gasteiger partial charge on any atom is 0.323 e. The van der Waals surface area contributed by atoms with Gasteiger partial charge in [0.05, 0.1) is 11.3 Å². The molecular formula is C24H22F2IN3O. The van der Waals surface area contributed by atoms with Crippen molar-refractivity contribution in [3.63, 3.8) is 0 Å². The molecule has 2 aromatic carbocycles. The first-order chi connectivity index (χ1) is 14.9. The summed E-state index contributed by atoms with van der Waals surface area (Å²) >= 11 is 1.13. The molecule has 2 aliphatic rings. The fourth-order valence-corrected chi connectivity index (χ4v) is 4.24. The molecule has 160 valence electrons. The van der Waals surface area contributed by atoms with Gasteiger partial charge in [-0.1, -0.05) is 54.6 Å². The summed E-state index contributed by atoms with van der Waals surface area (Å²) in [6, 6.07) is 16.2. The van der Waals surface area contributed by atoms with Crippen LogP contribution in [-0.4, -0.2) is 23.2 Å². The lowest BCUT2D eigenvalue weighted by Crippen LogP contribution is -2.30. The lowest BCUT2D eigenvalue weighted by molar-refractivity contribution is -0.124. The minimum Gasteiger partial charge on any atom is -0.381 e. The number of hydrazone groups is 1. The second-order valence-electron chi connectivity index (χ2n) is 7.52. The predicted molar refractivity (Wildman–Crippen MR) is 127 cm³/mol. The Bertz CT molecular complexity index is 1060. The Labute approximate surface area is 193 Å². The van der Waals surface area contributed by atoms with Crippen molar-refractivity contribution in [2.45, 2.75) is 29.6 Å². The summed E-state index contributed by atoms with van der Waals surface area (Å²) in [7, 11) is 0. The molecule has 0 radical (unpaired) electrons. The van der Waals surface area contributed by atoms with Gasteiger partial charge in [-0.05, 0) is 36.5 Å². The molecule has 0 aliphatic carbocycles.